The SMILES string of the molecule is NCC(=O)NC(Cc1c[nH]c2ccccc12)C(=O)NC(CO)C(=O)NC(Cc1c[nH]c2ccccc12)C(=O)O. The Hall–Kier alpha value is -4.68. The topological polar surface area (TPSA) is 202 Å². The summed E-state index contributed by atoms with van der Waals surface area (Å²) in [6.07, 6.45) is 3.46. The molecule has 204 valence electrons. The lowest BCUT2D eigenvalue weighted by atomic mass is 10.0. The molecule has 0 aliphatic rings. The number of carbonyl (C=O) groups is 4. The van der Waals surface area contributed by atoms with E-state index in [9.17, 15) is 29.4 Å². The van der Waals surface area contributed by atoms with Gasteiger partial charge in [-0.15, -0.1) is 0 Å². The predicted molar refractivity (Wildman–Crippen MR) is 144 cm³/mol. The number of carboxylic acids is 1. The van der Waals surface area contributed by atoms with Crippen LogP contribution in [0.2, 0.25) is 0 Å². The number of aromatic amines is 2. The fraction of sp³-hybridized carbons (Fsp3) is 0.259. The molecule has 0 aliphatic heterocycles. The minimum atomic E-state index is -1.46. The van der Waals surface area contributed by atoms with Gasteiger partial charge in [0.05, 0.1) is 13.2 Å². The second-order valence-corrected chi connectivity index (χ2v) is 9.09. The Morgan fingerprint density at radius 2 is 1.23 bits per heavy atom. The number of rotatable bonds is 12. The molecule has 0 bridgehead atoms. The third kappa shape index (κ3) is 6.43. The van der Waals surface area contributed by atoms with Crippen LogP contribution in [0.1, 0.15) is 11.1 Å². The molecule has 0 aliphatic carbocycles. The number of carbonyl (C=O) groups excluding carboxylic acids is 3. The number of fused-ring (bicyclic) bond motifs is 2. The first-order chi connectivity index (χ1) is 18.8. The lowest BCUT2D eigenvalue weighted by Crippen LogP contribution is -2.58. The van der Waals surface area contributed by atoms with Crippen molar-refractivity contribution in [1.29, 1.82) is 0 Å². The van der Waals surface area contributed by atoms with Crippen LogP contribution in [-0.2, 0) is 32.0 Å². The Bertz CT molecular complexity index is 1490. The van der Waals surface area contributed by atoms with Crippen LogP contribution in [0, 0.1) is 0 Å². The summed E-state index contributed by atoms with van der Waals surface area (Å²) in [6.45, 7) is -1.14. The van der Waals surface area contributed by atoms with E-state index in [1.807, 2.05) is 48.5 Å². The molecule has 2 aromatic carbocycles. The van der Waals surface area contributed by atoms with E-state index in [0.717, 1.165) is 27.4 Å². The van der Waals surface area contributed by atoms with Crippen LogP contribution in [0.5, 0.6) is 0 Å². The summed E-state index contributed by atoms with van der Waals surface area (Å²) in [5.41, 5.74) is 8.53. The summed E-state index contributed by atoms with van der Waals surface area (Å²) in [4.78, 5) is 56.3. The molecule has 0 radical (unpaired) electrons. The van der Waals surface area contributed by atoms with Crippen LogP contribution in [-0.4, -0.2) is 75.1 Å². The molecule has 3 amide bonds. The van der Waals surface area contributed by atoms with Gasteiger partial charge in [-0.1, -0.05) is 36.4 Å². The Balaban J connectivity index is 1.46. The number of nitrogens with one attached hydrogen (secondary N) is 5. The van der Waals surface area contributed by atoms with Crippen LogP contribution < -0.4 is 21.7 Å². The summed E-state index contributed by atoms with van der Waals surface area (Å²) < 4.78 is 0. The monoisotopic (exact) mass is 534 g/mol. The highest BCUT2D eigenvalue weighted by Crippen LogP contribution is 2.20. The van der Waals surface area contributed by atoms with Gasteiger partial charge in [0.25, 0.3) is 0 Å². The number of nitrogens with two attached hydrogens (primary N) is 1. The first kappa shape index (κ1) is 27.4. The highest BCUT2D eigenvalue weighted by molar-refractivity contribution is 5.94. The molecule has 4 aromatic rings. The van der Waals surface area contributed by atoms with Gasteiger partial charge in [-0.2, -0.15) is 0 Å². The number of benzene rings is 2. The van der Waals surface area contributed by atoms with Crippen LogP contribution in [0.15, 0.2) is 60.9 Å². The summed E-state index contributed by atoms with van der Waals surface area (Å²) in [5, 5.41) is 28.6. The van der Waals surface area contributed by atoms with E-state index in [2.05, 4.69) is 25.9 Å². The zero-order valence-corrected chi connectivity index (χ0v) is 20.9. The smallest absolute Gasteiger partial charge is 0.326 e. The Labute approximate surface area is 223 Å². The minimum absolute atomic E-state index is 0.0209. The van der Waals surface area contributed by atoms with Crippen LogP contribution in [0.4, 0.5) is 0 Å². The molecule has 0 saturated carbocycles. The van der Waals surface area contributed by atoms with Crippen molar-refractivity contribution in [2.75, 3.05) is 13.2 Å². The molecular formula is C27H30N6O6. The fourth-order valence-corrected chi connectivity index (χ4v) is 4.44. The third-order valence-electron chi connectivity index (χ3n) is 6.47. The van der Waals surface area contributed by atoms with Gasteiger partial charge < -0.3 is 41.9 Å². The van der Waals surface area contributed by atoms with Gasteiger partial charge in [-0.25, -0.2) is 4.79 Å². The van der Waals surface area contributed by atoms with Gasteiger partial charge in [0.2, 0.25) is 17.7 Å². The summed E-state index contributed by atoms with van der Waals surface area (Å²) in [5.74, 6) is -3.47. The Morgan fingerprint density at radius 1 is 0.744 bits per heavy atom. The van der Waals surface area contributed by atoms with Gasteiger partial charge in [0, 0.05) is 47.0 Å². The molecule has 2 aromatic heterocycles. The van der Waals surface area contributed by atoms with E-state index in [4.69, 9.17) is 5.73 Å². The molecule has 4 rings (SSSR count). The van der Waals surface area contributed by atoms with Gasteiger partial charge in [-0.05, 0) is 23.3 Å². The molecule has 0 saturated heterocycles. The first-order valence-corrected chi connectivity index (χ1v) is 12.3. The number of hydrogen-bond acceptors (Lipinski definition) is 6. The average Bonchev–Trinajstić information content (AvgIpc) is 3.54. The molecule has 9 N–H and O–H groups in total. The second-order valence-electron chi connectivity index (χ2n) is 9.09. The highest BCUT2D eigenvalue weighted by Gasteiger charge is 2.30. The normalized spacial score (nSPS) is 13.5. The largest absolute Gasteiger partial charge is 0.480 e. The van der Waals surface area contributed by atoms with Gasteiger partial charge >= 0.3 is 5.97 Å². The lowest BCUT2D eigenvalue weighted by molar-refractivity contribution is -0.142. The van der Waals surface area contributed by atoms with Crippen molar-refractivity contribution in [2.45, 2.75) is 31.0 Å². The summed E-state index contributed by atoms with van der Waals surface area (Å²) in [7, 11) is 0. The number of hydrogen-bond donors (Lipinski definition) is 8. The number of amides is 3. The minimum Gasteiger partial charge on any atom is -0.480 e. The first-order valence-electron chi connectivity index (χ1n) is 12.3. The molecular weight excluding hydrogens is 504 g/mol. The lowest BCUT2D eigenvalue weighted by Gasteiger charge is -2.23. The van der Waals surface area contributed by atoms with E-state index < -0.39 is 48.4 Å². The number of aromatic nitrogens is 2. The summed E-state index contributed by atoms with van der Waals surface area (Å²) in [6, 6.07) is 10.9. The van der Waals surface area contributed by atoms with Crippen molar-refractivity contribution in [3.8, 4) is 0 Å². The molecule has 39 heavy (non-hydrogen) atoms. The van der Waals surface area contributed by atoms with E-state index in [1.54, 1.807) is 12.4 Å². The second kappa shape index (κ2) is 12.2. The Kier molecular flexibility index (Phi) is 8.59. The quantitative estimate of drug-likeness (QED) is 0.124. The molecule has 3 unspecified atom stereocenters. The number of H-pyrrole nitrogens is 2. The van der Waals surface area contributed by atoms with Crippen molar-refractivity contribution in [1.82, 2.24) is 25.9 Å². The van der Waals surface area contributed by atoms with Gasteiger partial charge in [0.1, 0.15) is 18.1 Å². The molecule has 2 heterocycles. The van der Waals surface area contributed by atoms with Crippen molar-refractivity contribution >= 4 is 45.5 Å². The standard InChI is InChI=1S/C27H30N6O6/c28-11-24(35)31-21(9-15-12-29-19-7-3-1-5-17(15)19)25(36)33-23(14-34)26(37)32-22(27(38)39)10-16-13-30-20-8-4-2-6-18(16)20/h1-8,12-13,21-23,29-30,34H,9-11,14,28H2,(H,31,35)(H,32,37)(H,33,36)(H,38,39). The number of carboxylic acid groups (broad SMARTS) is 1. The average molecular weight is 535 g/mol. The van der Waals surface area contributed by atoms with E-state index in [1.165, 1.54) is 0 Å². The zero-order valence-electron chi connectivity index (χ0n) is 20.9. The fourth-order valence-electron chi connectivity index (χ4n) is 4.44. The number of para-hydroxylation sites is 2. The maximum absolute atomic E-state index is 13.2. The van der Waals surface area contributed by atoms with E-state index in [0.29, 0.717) is 5.56 Å². The van der Waals surface area contributed by atoms with Crippen molar-refractivity contribution in [3.05, 3.63) is 72.1 Å². The Morgan fingerprint density at radius 3 is 1.74 bits per heavy atom. The molecule has 12 nitrogen and oxygen atoms in total. The van der Waals surface area contributed by atoms with E-state index in [-0.39, 0.29) is 19.4 Å². The van der Waals surface area contributed by atoms with Crippen LogP contribution in [0.25, 0.3) is 21.8 Å². The van der Waals surface area contributed by atoms with Crippen LogP contribution >= 0.6 is 0 Å². The molecule has 12 heteroatoms. The van der Waals surface area contributed by atoms with Crippen molar-refractivity contribution < 1.29 is 29.4 Å². The van der Waals surface area contributed by atoms with Gasteiger partial charge in [-0.3, -0.25) is 14.4 Å². The van der Waals surface area contributed by atoms with Gasteiger partial charge in [0.15, 0.2) is 0 Å². The molecule has 0 spiro atoms. The number of aliphatic hydroxyl groups excluding tert-OH is 1. The molecule has 0 fully saturated rings. The zero-order chi connectivity index (χ0) is 27.9. The molecule has 3 atom stereocenters. The highest BCUT2D eigenvalue weighted by atomic mass is 16.4. The summed E-state index contributed by atoms with van der Waals surface area (Å²) >= 11 is 0. The van der Waals surface area contributed by atoms with E-state index >= 15 is 0 Å². The van der Waals surface area contributed by atoms with Crippen molar-refractivity contribution in [3.63, 3.8) is 0 Å². The van der Waals surface area contributed by atoms with Crippen LogP contribution in [0.3, 0.4) is 0 Å². The maximum Gasteiger partial charge on any atom is 0.326 e. The number of aliphatic carboxylic acids is 1. The number of aliphatic hydroxyl groups is 1. The van der Waals surface area contributed by atoms with Crippen molar-refractivity contribution in [2.24, 2.45) is 5.73 Å². The maximum atomic E-state index is 13.2. The predicted octanol–water partition coefficient (Wildman–Crippen LogP) is -0.0756. The third-order valence-corrected chi connectivity index (χ3v) is 6.47.